The molecule has 0 bridgehead atoms. The Morgan fingerprint density at radius 2 is 1.83 bits per heavy atom. The van der Waals surface area contributed by atoms with Crippen LogP contribution in [0.2, 0.25) is 0 Å². The average Bonchev–Trinajstić information content (AvgIpc) is 2.50. The lowest BCUT2D eigenvalue weighted by molar-refractivity contribution is -0.122. The second kappa shape index (κ2) is 7.93. The molecule has 0 spiro atoms. The van der Waals surface area contributed by atoms with Gasteiger partial charge in [-0.1, -0.05) is 54.1 Å². The summed E-state index contributed by atoms with van der Waals surface area (Å²) >= 11 is 0. The molecular formula is C20H26N2O. The van der Waals surface area contributed by atoms with Crippen LogP contribution in [0.15, 0.2) is 48.5 Å². The van der Waals surface area contributed by atoms with Gasteiger partial charge in [-0.15, -0.1) is 0 Å². The summed E-state index contributed by atoms with van der Waals surface area (Å²) in [5, 5.41) is 3.06. The zero-order valence-corrected chi connectivity index (χ0v) is 14.5. The fraction of sp³-hybridized carbons (Fsp3) is 0.350. The minimum Gasteiger partial charge on any atom is -0.348 e. The molecule has 3 heteroatoms. The van der Waals surface area contributed by atoms with E-state index in [-0.39, 0.29) is 11.9 Å². The Labute approximate surface area is 139 Å². The summed E-state index contributed by atoms with van der Waals surface area (Å²) in [6, 6.07) is 16.5. The number of carbonyl (C=O) groups is 1. The van der Waals surface area contributed by atoms with Gasteiger partial charge in [0.1, 0.15) is 0 Å². The van der Waals surface area contributed by atoms with E-state index >= 15 is 0 Å². The fourth-order valence-electron chi connectivity index (χ4n) is 2.73. The Morgan fingerprint density at radius 3 is 2.48 bits per heavy atom. The molecule has 0 aliphatic carbocycles. The third kappa shape index (κ3) is 5.22. The second-order valence-electron chi connectivity index (χ2n) is 6.30. The first-order valence-electron chi connectivity index (χ1n) is 8.04. The van der Waals surface area contributed by atoms with Crippen molar-refractivity contribution in [3.05, 3.63) is 70.8 Å². The van der Waals surface area contributed by atoms with E-state index in [9.17, 15) is 4.79 Å². The summed E-state index contributed by atoms with van der Waals surface area (Å²) in [4.78, 5) is 14.3. The van der Waals surface area contributed by atoms with Gasteiger partial charge in [0.15, 0.2) is 0 Å². The molecule has 0 heterocycles. The van der Waals surface area contributed by atoms with Crippen molar-refractivity contribution in [3.8, 4) is 0 Å². The van der Waals surface area contributed by atoms with Crippen molar-refractivity contribution in [3.63, 3.8) is 0 Å². The molecule has 0 fully saturated rings. The van der Waals surface area contributed by atoms with Crippen molar-refractivity contribution in [2.45, 2.75) is 33.4 Å². The van der Waals surface area contributed by atoms with Gasteiger partial charge in [0.2, 0.25) is 5.91 Å². The molecule has 3 nitrogen and oxygen atoms in total. The molecular weight excluding hydrogens is 284 g/mol. The van der Waals surface area contributed by atoms with Gasteiger partial charge in [0.25, 0.3) is 0 Å². The Morgan fingerprint density at radius 1 is 1.13 bits per heavy atom. The third-order valence-corrected chi connectivity index (χ3v) is 4.03. The van der Waals surface area contributed by atoms with Crippen molar-refractivity contribution in [2.24, 2.45) is 0 Å². The van der Waals surface area contributed by atoms with Gasteiger partial charge in [0.05, 0.1) is 12.6 Å². The van der Waals surface area contributed by atoms with Crippen LogP contribution in [0.3, 0.4) is 0 Å². The maximum absolute atomic E-state index is 12.2. The standard InChI is InChI=1S/C20H26N2O/c1-15-10-11-19(16(2)12-15)13-22(4)14-20(23)21-17(3)18-8-6-5-7-9-18/h5-12,17H,13-14H2,1-4H3,(H,21,23). The van der Waals surface area contributed by atoms with Crippen LogP contribution in [0, 0.1) is 13.8 Å². The first-order chi connectivity index (χ1) is 11.0. The number of benzene rings is 2. The number of hydrogen-bond donors (Lipinski definition) is 1. The Balaban J connectivity index is 1.87. The van der Waals surface area contributed by atoms with E-state index in [4.69, 9.17) is 0 Å². The van der Waals surface area contributed by atoms with Gasteiger partial charge in [-0.3, -0.25) is 9.69 Å². The molecule has 0 aromatic heterocycles. The molecule has 2 aromatic carbocycles. The Bertz CT molecular complexity index is 652. The molecule has 23 heavy (non-hydrogen) atoms. The second-order valence-corrected chi connectivity index (χ2v) is 6.30. The van der Waals surface area contributed by atoms with Crippen molar-refractivity contribution < 1.29 is 4.79 Å². The lowest BCUT2D eigenvalue weighted by Crippen LogP contribution is -2.36. The number of rotatable bonds is 6. The van der Waals surface area contributed by atoms with Crippen LogP contribution < -0.4 is 5.32 Å². The maximum Gasteiger partial charge on any atom is 0.234 e. The number of hydrogen-bond acceptors (Lipinski definition) is 2. The van der Waals surface area contributed by atoms with Gasteiger partial charge in [-0.2, -0.15) is 0 Å². The summed E-state index contributed by atoms with van der Waals surface area (Å²) in [5.74, 6) is 0.0496. The largest absolute Gasteiger partial charge is 0.348 e. The number of aryl methyl sites for hydroxylation is 2. The van der Waals surface area contributed by atoms with E-state index in [2.05, 4.69) is 37.4 Å². The van der Waals surface area contributed by atoms with Crippen LogP contribution in [0.25, 0.3) is 0 Å². The molecule has 2 aromatic rings. The molecule has 1 atom stereocenters. The van der Waals surface area contributed by atoms with E-state index in [0.717, 1.165) is 12.1 Å². The summed E-state index contributed by atoms with van der Waals surface area (Å²) < 4.78 is 0. The molecule has 1 unspecified atom stereocenters. The summed E-state index contributed by atoms with van der Waals surface area (Å²) in [5.41, 5.74) is 4.93. The summed E-state index contributed by atoms with van der Waals surface area (Å²) in [6.45, 7) is 7.40. The SMILES string of the molecule is Cc1ccc(CN(C)CC(=O)NC(C)c2ccccc2)c(C)c1. The van der Waals surface area contributed by atoms with E-state index in [1.807, 2.05) is 49.2 Å². The third-order valence-electron chi connectivity index (χ3n) is 4.03. The number of amides is 1. The maximum atomic E-state index is 12.2. The Hall–Kier alpha value is -2.13. The molecule has 1 amide bonds. The molecule has 0 aliphatic rings. The van der Waals surface area contributed by atoms with Gasteiger partial charge < -0.3 is 5.32 Å². The summed E-state index contributed by atoms with van der Waals surface area (Å²) in [7, 11) is 1.98. The predicted octanol–water partition coefficient (Wildman–Crippen LogP) is 3.61. The Kier molecular flexibility index (Phi) is 5.94. The van der Waals surface area contributed by atoms with Crippen LogP contribution in [0.1, 0.15) is 35.2 Å². The predicted molar refractivity (Wildman–Crippen MR) is 95.2 cm³/mol. The van der Waals surface area contributed by atoms with E-state index < -0.39 is 0 Å². The monoisotopic (exact) mass is 310 g/mol. The zero-order valence-electron chi connectivity index (χ0n) is 14.5. The van der Waals surface area contributed by atoms with Crippen LogP contribution in [0.4, 0.5) is 0 Å². The first-order valence-corrected chi connectivity index (χ1v) is 8.04. The lowest BCUT2D eigenvalue weighted by atomic mass is 10.1. The van der Waals surface area contributed by atoms with Crippen molar-refractivity contribution >= 4 is 5.91 Å². The van der Waals surface area contributed by atoms with E-state index in [1.54, 1.807) is 0 Å². The minimum atomic E-state index is 0.0261. The highest BCUT2D eigenvalue weighted by atomic mass is 16.2. The highest BCUT2D eigenvalue weighted by Crippen LogP contribution is 2.13. The number of carbonyl (C=O) groups excluding carboxylic acids is 1. The van der Waals surface area contributed by atoms with Crippen LogP contribution in [-0.4, -0.2) is 24.4 Å². The highest BCUT2D eigenvalue weighted by Gasteiger charge is 2.12. The molecule has 0 aliphatic heterocycles. The smallest absolute Gasteiger partial charge is 0.234 e. The number of nitrogens with zero attached hydrogens (tertiary/aromatic N) is 1. The molecule has 1 N–H and O–H groups in total. The first kappa shape index (κ1) is 17.2. The zero-order chi connectivity index (χ0) is 16.8. The topological polar surface area (TPSA) is 32.3 Å². The van der Waals surface area contributed by atoms with E-state index in [1.165, 1.54) is 16.7 Å². The molecule has 0 saturated heterocycles. The normalized spacial score (nSPS) is 12.2. The fourth-order valence-corrected chi connectivity index (χ4v) is 2.73. The number of nitrogens with one attached hydrogen (secondary N) is 1. The van der Waals surface area contributed by atoms with Crippen molar-refractivity contribution in [1.82, 2.24) is 10.2 Å². The van der Waals surface area contributed by atoms with Crippen molar-refractivity contribution in [1.29, 1.82) is 0 Å². The molecule has 2 rings (SSSR count). The van der Waals surface area contributed by atoms with Gasteiger partial charge in [-0.25, -0.2) is 0 Å². The minimum absolute atomic E-state index is 0.0261. The quantitative estimate of drug-likeness (QED) is 0.884. The van der Waals surface area contributed by atoms with E-state index in [0.29, 0.717) is 6.54 Å². The van der Waals surface area contributed by atoms with Crippen LogP contribution in [-0.2, 0) is 11.3 Å². The van der Waals surface area contributed by atoms with Crippen molar-refractivity contribution in [2.75, 3.05) is 13.6 Å². The van der Waals surface area contributed by atoms with Crippen LogP contribution >= 0.6 is 0 Å². The van der Waals surface area contributed by atoms with Crippen LogP contribution in [0.5, 0.6) is 0 Å². The molecule has 0 saturated carbocycles. The molecule has 122 valence electrons. The molecule has 0 radical (unpaired) electrons. The lowest BCUT2D eigenvalue weighted by Gasteiger charge is -2.20. The highest BCUT2D eigenvalue weighted by molar-refractivity contribution is 5.78. The van der Waals surface area contributed by atoms with Gasteiger partial charge >= 0.3 is 0 Å². The average molecular weight is 310 g/mol. The number of likely N-dealkylation sites (N-methyl/N-ethyl adjacent to an activating group) is 1. The van der Waals surface area contributed by atoms with Gasteiger partial charge in [-0.05, 0) is 44.5 Å². The summed E-state index contributed by atoms with van der Waals surface area (Å²) in [6.07, 6.45) is 0. The van der Waals surface area contributed by atoms with Gasteiger partial charge in [0, 0.05) is 6.54 Å².